The smallest absolute Gasteiger partial charge is 0.316 e. The topological polar surface area (TPSA) is 63.6 Å². The van der Waals surface area contributed by atoms with Crippen LogP contribution in [0.3, 0.4) is 0 Å². The van der Waals surface area contributed by atoms with E-state index in [-0.39, 0.29) is 17.5 Å². The predicted molar refractivity (Wildman–Crippen MR) is 86.0 cm³/mol. The fraction of sp³-hybridized carbons (Fsp3) is 0.714. The number of carboxylic acid groups (broad SMARTS) is 1. The second-order valence-corrected chi connectivity index (χ2v) is 7.35. The fourth-order valence-corrected chi connectivity index (χ4v) is 2.94. The minimum atomic E-state index is -0.874. The van der Waals surface area contributed by atoms with Crippen LogP contribution in [-0.2, 0) is 14.3 Å². The highest BCUT2D eigenvalue weighted by Crippen LogP contribution is 2.20. The quantitative estimate of drug-likeness (QED) is 0.271. The number of hydrogen-bond acceptors (Lipinski definition) is 5. The Morgan fingerprint density at radius 2 is 1.85 bits per heavy atom. The largest absolute Gasteiger partial charge is 0.481 e. The summed E-state index contributed by atoms with van der Waals surface area (Å²) in [5.41, 5.74) is 1.33. The molecule has 0 aromatic rings. The molecule has 0 fully saturated rings. The monoisotopic (exact) mass is 320 g/mol. The van der Waals surface area contributed by atoms with Crippen molar-refractivity contribution in [2.75, 3.05) is 18.1 Å². The van der Waals surface area contributed by atoms with Crippen molar-refractivity contribution in [1.29, 1.82) is 0 Å². The minimum Gasteiger partial charge on any atom is -0.481 e. The van der Waals surface area contributed by atoms with E-state index in [1.54, 1.807) is 0 Å². The Labute approximate surface area is 129 Å². The Balaban J connectivity index is 3.50. The van der Waals surface area contributed by atoms with Gasteiger partial charge in [-0.1, -0.05) is 40.2 Å². The van der Waals surface area contributed by atoms with Gasteiger partial charge in [-0.3, -0.25) is 9.59 Å². The van der Waals surface area contributed by atoms with E-state index in [9.17, 15) is 9.59 Å². The molecule has 6 heteroatoms. The number of carboxylic acids is 1. The second kappa shape index (κ2) is 12.1. The molecule has 0 bridgehead atoms. The third-order valence-corrected chi connectivity index (χ3v) is 4.62. The molecule has 0 heterocycles. The predicted octanol–water partition coefficient (Wildman–Crippen LogP) is 3.77. The molecule has 0 aliphatic rings. The zero-order chi connectivity index (χ0) is 15.4. The summed E-state index contributed by atoms with van der Waals surface area (Å²) in [5, 5.41) is 8.43. The van der Waals surface area contributed by atoms with Crippen molar-refractivity contribution < 1.29 is 19.4 Å². The van der Waals surface area contributed by atoms with E-state index >= 15 is 0 Å². The molecule has 116 valence electrons. The SMILES string of the molecule is CC(C)=CCC[C@H](C)CCOC(=O)CSSCC(=O)O. The van der Waals surface area contributed by atoms with Gasteiger partial charge >= 0.3 is 11.9 Å². The van der Waals surface area contributed by atoms with Crippen molar-refractivity contribution in [3.8, 4) is 0 Å². The van der Waals surface area contributed by atoms with Gasteiger partial charge in [0.2, 0.25) is 0 Å². The summed E-state index contributed by atoms with van der Waals surface area (Å²) >= 11 is 0. The van der Waals surface area contributed by atoms with Gasteiger partial charge in [0.1, 0.15) is 11.5 Å². The van der Waals surface area contributed by atoms with Crippen LogP contribution in [0, 0.1) is 5.92 Å². The zero-order valence-corrected chi connectivity index (χ0v) is 14.0. The van der Waals surface area contributed by atoms with Gasteiger partial charge in [0.05, 0.1) is 6.61 Å². The summed E-state index contributed by atoms with van der Waals surface area (Å²) in [6, 6.07) is 0. The molecule has 0 saturated heterocycles. The summed E-state index contributed by atoms with van der Waals surface area (Å²) in [6.07, 6.45) is 5.26. The molecule has 0 aliphatic heterocycles. The highest BCUT2D eigenvalue weighted by Gasteiger charge is 2.07. The number of ether oxygens (including phenoxy) is 1. The maximum atomic E-state index is 11.4. The van der Waals surface area contributed by atoms with Gasteiger partial charge in [-0.25, -0.2) is 0 Å². The number of aliphatic carboxylic acids is 1. The minimum absolute atomic E-state index is 0.000651. The van der Waals surface area contributed by atoms with E-state index in [4.69, 9.17) is 9.84 Å². The Morgan fingerprint density at radius 1 is 1.20 bits per heavy atom. The van der Waals surface area contributed by atoms with Gasteiger partial charge in [-0.05, 0) is 39.0 Å². The molecule has 4 nitrogen and oxygen atoms in total. The average molecular weight is 320 g/mol. The van der Waals surface area contributed by atoms with Crippen LogP contribution in [0.2, 0.25) is 0 Å². The van der Waals surface area contributed by atoms with Crippen LogP contribution in [0.1, 0.15) is 40.0 Å². The number of allylic oxidation sites excluding steroid dienone is 2. The summed E-state index contributed by atoms with van der Waals surface area (Å²) in [4.78, 5) is 21.6. The highest BCUT2D eigenvalue weighted by molar-refractivity contribution is 8.77. The lowest BCUT2D eigenvalue weighted by Gasteiger charge is -2.10. The third-order valence-electron chi connectivity index (χ3n) is 2.53. The van der Waals surface area contributed by atoms with Crippen LogP contribution in [0.15, 0.2) is 11.6 Å². The van der Waals surface area contributed by atoms with E-state index in [1.165, 1.54) is 16.4 Å². The Bertz CT molecular complexity index is 325. The second-order valence-electron chi connectivity index (χ2n) is 4.89. The Morgan fingerprint density at radius 3 is 2.45 bits per heavy atom. The number of rotatable bonds is 11. The number of carbonyl (C=O) groups is 2. The van der Waals surface area contributed by atoms with Gasteiger partial charge in [-0.15, -0.1) is 0 Å². The van der Waals surface area contributed by atoms with Crippen molar-refractivity contribution in [3.05, 3.63) is 11.6 Å². The van der Waals surface area contributed by atoms with Gasteiger partial charge < -0.3 is 9.84 Å². The van der Waals surface area contributed by atoms with Gasteiger partial charge in [0.25, 0.3) is 0 Å². The Hall–Kier alpha value is -0.620. The average Bonchev–Trinajstić information content (AvgIpc) is 2.34. The van der Waals surface area contributed by atoms with E-state index < -0.39 is 5.97 Å². The van der Waals surface area contributed by atoms with Crippen molar-refractivity contribution in [2.24, 2.45) is 5.92 Å². The van der Waals surface area contributed by atoms with Crippen LogP contribution in [0.5, 0.6) is 0 Å². The molecular formula is C14H24O4S2. The fourth-order valence-electron chi connectivity index (χ4n) is 1.40. The zero-order valence-electron chi connectivity index (χ0n) is 12.4. The highest BCUT2D eigenvalue weighted by atomic mass is 33.1. The maximum Gasteiger partial charge on any atom is 0.316 e. The van der Waals surface area contributed by atoms with Crippen molar-refractivity contribution >= 4 is 33.5 Å². The van der Waals surface area contributed by atoms with Crippen molar-refractivity contribution in [2.45, 2.75) is 40.0 Å². The summed E-state index contributed by atoms with van der Waals surface area (Å²) in [7, 11) is 2.37. The molecule has 0 aromatic heterocycles. The van der Waals surface area contributed by atoms with E-state index in [2.05, 4.69) is 26.8 Å². The lowest BCUT2D eigenvalue weighted by Crippen LogP contribution is -2.10. The summed E-state index contributed by atoms with van der Waals surface area (Å²) in [6.45, 7) is 6.78. The molecule has 0 radical (unpaired) electrons. The molecule has 0 aliphatic carbocycles. The normalized spacial score (nSPS) is 11.8. The van der Waals surface area contributed by atoms with Gasteiger partial charge in [-0.2, -0.15) is 0 Å². The van der Waals surface area contributed by atoms with Crippen LogP contribution in [0.25, 0.3) is 0 Å². The maximum absolute atomic E-state index is 11.4. The van der Waals surface area contributed by atoms with E-state index in [0.717, 1.165) is 30.1 Å². The van der Waals surface area contributed by atoms with Gasteiger partial charge in [0, 0.05) is 0 Å². The lowest BCUT2D eigenvalue weighted by atomic mass is 10.0. The summed E-state index contributed by atoms with van der Waals surface area (Å²) < 4.78 is 5.11. The molecule has 0 amide bonds. The van der Waals surface area contributed by atoms with E-state index in [1.807, 2.05) is 0 Å². The first kappa shape index (κ1) is 19.4. The number of carbonyl (C=O) groups excluding carboxylic acids is 1. The first-order valence-electron chi connectivity index (χ1n) is 6.67. The first-order valence-corrected chi connectivity index (χ1v) is 9.15. The first-order chi connectivity index (χ1) is 9.41. The van der Waals surface area contributed by atoms with Crippen LogP contribution in [-0.4, -0.2) is 35.2 Å². The van der Waals surface area contributed by atoms with Crippen LogP contribution in [0.4, 0.5) is 0 Å². The third kappa shape index (κ3) is 13.8. The van der Waals surface area contributed by atoms with Crippen LogP contribution >= 0.6 is 21.6 Å². The molecule has 0 saturated carbocycles. The molecule has 0 spiro atoms. The van der Waals surface area contributed by atoms with Crippen molar-refractivity contribution in [3.63, 3.8) is 0 Å². The van der Waals surface area contributed by atoms with Crippen LogP contribution < -0.4 is 0 Å². The standard InChI is InChI=1S/C14H24O4S2/c1-11(2)5-4-6-12(3)7-8-18-14(17)10-20-19-9-13(15)16/h5,12H,4,6-10H2,1-3H3,(H,15,16)/t12-/m0/s1. The lowest BCUT2D eigenvalue weighted by molar-refractivity contribution is -0.140. The molecule has 0 unspecified atom stereocenters. The molecule has 20 heavy (non-hydrogen) atoms. The molecule has 1 atom stereocenters. The molecule has 0 aromatic carbocycles. The van der Waals surface area contributed by atoms with Crippen molar-refractivity contribution in [1.82, 2.24) is 0 Å². The summed E-state index contributed by atoms with van der Waals surface area (Å²) in [5.74, 6) is -0.415. The molecule has 1 N–H and O–H groups in total. The van der Waals surface area contributed by atoms with Gasteiger partial charge in [0.15, 0.2) is 0 Å². The Kier molecular flexibility index (Phi) is 11.8. The number of hydrogen-bond donors (Lipinski definition) is 1. The van der Waals surface area contributed by atoms with E-state index in [0.29, 0.717) is 12.5 Å². The molecular weight excluding hydrogens is 296 g/mol. The molecule has 0 rings (SSSR count). The number of esters is 1.